The molecular weight excluding hydrogens is 176 g/mol. The highest BCUT2D eigenvalue weighted by Crippen LogP contribution is 2.28. The quantitative estimate of drug-likeness (QED) is 0.777. The van der Waals surface area contributed by atoms with E-state index in [0.29, 0.717) is 6.04 Å². The van der Waals surface area contributed by atoms with E-state index in [1.807, 2.05) is 4.68 Å². The molecular formula is C10H18N4. The number of aryl methyl sites for hydroxylation is 1. The zero-order valence-electron chi connectivity index (χ0n) is 8.90. The van der Waals surface area contributed by atoms with Crippen molar-refractivity contribution in [2.75, 3.05) is 0 Å². The fraction of sp³-hybridized carbons (Fsp3) is 0.800. The number of fused-ring (bicyclic) bond motifs is 1. The Balaban J connectivity index is 2.32. The number of hydrogen-bond donors (Lipinski definition) is 1. The molecule has 0 spiro atoms. The lowest BCUT2D eigenvalue weighted by atomic mass is 10.0. The van der Waals surface area contributed by atoms with E-state index in [1.165, 1.54) is 0 Å². The van der Waals surface area contributed by atoms with E-state index in [9.17, 15) is 0 Å². The molecule has 0 fully saturated rings. The molecule has 0 bridgehead atoms. The van der Waals surface area contributed by atoms with Crippen molar-refractivity contribution in [3.63, 3.8) is 0 Å². The molecule has 1 aliphatic rings. The molecule has 2 unspecified atom stereocenters. The second kappa shape index (κ2) is 3.69. The van der Waals surface area contributed by atoms with Crippen LogP contribution in [0.15, 0.2) is 0 Å². The molecule has 2 rings (SSSR count). The number of rotatable bonds is 2. The van der Waals surface area contributed by atoms with Gasteiger partial charge in [0.25, 0.3) is 0 Å². The minimum atomic E-state index is 0.0873. The Hall–Kier alpha value is -0.900. The highest BCUT2D eigenvalue weighted by Gasteiger charge is 2.25. The average Bonchev–Trinajstić information content (AvgIpc) is 2.57. The minimum Gasteiger partial charge on any atom is -0.321 e. The summed E-state index contributed by atoms with van der Waals surface area (Å²) in [5.41, 5.74) is 5.99. The lowest BCUT2D eigenvalue weighted by Crippen LogP contribution is -2.25. The predicted molar refractivity (Wildman–Crippen MR) is 54.9 cm³/mol. The standard InChI is InChI=1S/C10H18N4/c1-3-4-9-12-10-8(11)6-5-7(2)14(10)13-9/h7-8H,3-6,11H2,1-2H3. The monoisotopic (exact) mass is 194 g/mol. The van der Waals surface area contributed by atoms with Crippen molar-refractivity contribution in [2.45, 2.75) is 51.6 Å². The summed E-state index contributed by atoms with van der Waals surface area (Å²) >= 11 is 0. The third-order valence-electron chi connectivity index (χ3n) is 2.82. The molecule has 1 aromatic rings. The van der Waals surface area contributed by atoms with Gasteiger partial charge in [0.1, 0.15) is 5.82 Å². The van der Waals surface area contributed by atoms with E-state index in [0.717, 1.165) is 37.3 Å². The molecule has 0 amide bonds. The van der Waals surface area contributed by atoms with Crippen LogP contribution < -0.4 is 5.73 Å². The van der Waals surface area contributed by atoms with Crippen molar-refractivity contribution < 1.29 is 0 Å². The summed E-state index contributed by atoms with van der Waals surface area (Å²) in [5.74, 6) is 1.93. The molecule has 2 heterocycles. The van der Waals surface area contributed by atoms with Gasteiger partial charge in [-0.3, -0.25) is 0 Å². The molecule has 1 aromatic heterocycles. The molecule has 0 saturated carbocycles. The maximum absolute atomic E-state index is 5.99. The van der Waals surface area contributed by atoms with E-state index in [-0.39, 0.29) is 6.04 Å². The van der Waals surface area contributed by atoms with Gasteiger partial charge in [0.05, 0.1) is 12.1 Å². The summed E-state index contributed by atoms with van der Waals surface area (Å²) in [6.45, 7) is 4.32. The van der Waals surface area contributed by atoms with Crippen molar-refractivity contribution in [3.8, 4) is 0 Å². The zero-order chi connectivity index (χ0) is 10.1. The van der Waals surface area contributed by atoms with Gasteiger partial charge >= 0.3 is 0 Å². The SMILES string of the molecule is CCCc1nc2n(n1)C(C)CCC2N. The fourth-order valence-corrected chi connectivity index (χ4v) is 1.96. The van der Waals surface area contributed by atoms with Crippen LogP contribution in [-0.2, 0) is 6.42 Å². The summed E-state index contributed by atoms with van der Waals surface area (Å²) in [6.07, 6.45) is 4.20. The van der Waals surface area contributed by atoms with Gasteiger partial charge in [-0.2, -0.15) is 5.10 Å². The zero-order valence-corrected chi connectivity index (χ0v) is 8.90. The maximum Gasteiger partial charge on any atom is 0.151 e. The van der Waals surface area contributed by atoms with Crippen LogP contribution in [0.2, 0.25) is 0 Å². The summed E-state index contributed by atoms with van der Waals surface area (Å²) in [7, 11) is 0. The van der Waals surface area contributed by atoms with Gasteiger partial charge < -0.3 is 5.73 Å². The topological polar surface area (TPSA) is 56.7 Å². The summed E-state index contributed by atoms with van der Waals surface area (Å²) in [5, 5.41) is 4.50. The minimum absolute atomic E-state index is 0.0873. The summed E-state index contributed by atoms with van der Waals surface area (Å²) < 4.78 is 2.01. The summed E-state index contributed by atoms with van der Waals surface area (Å²) in [6, 6.07) is 0.548. The number of hydrogen-bond acceptors (Lipinski definition) is 3. The van der Waals surface area contributed by atoms with Crippen LogP contribution in [-0.4, -0.2) is 14.8 Å². The Bertz CT molecular complexity index is 290. The molecule has 2 atom stereocenters. The van der Waals surface area contributed by atoms with Crippen molar-refractivity contribution in [3.05, 3.63) is 11.6 Å². The maximum atomic E-state index is 5.99. The largest absolute Gasteiger partial charge is 0.321 e. The third kappa shape index (κ3) is 1.54. The predicted octanol–water partition coefficient (Wildman–Crippen LogP) is 1.59. The fourth-order valence-electron chi connectivity index (χ4n) is 1.96. The molecule has 78 valence electrons. The lowest BCUT2D eigenvalue weighted by molar-refractivity contribution is 0.349. The Labute approximate surface area is 84.5 Å². The Morgan fingerprint density at radius 1 is 1.50 bits per heavy atom. The average molecular weight is 194 g/mol. The van der Waals surface area contributed by atoms with E-state index in [2.05, 4.69) is 23.9 Å². The molecule has 14 heavy (non-hydrogen) atoms. The van der Waals surface area contributed by atoms with Gasteiger partial charge in [0.2, 0.25) is 0 Å². The van der Waals surface area contributed by atoms with Gasteiger partial charge in [-0.25, -0.2) is 9.67 Å². The molecule has 4 heteroatoms. The van der Waals surface area contributed by atoms with Gasteiger partial charge in [0, 0.05) is 6.42 Å². The third-order valence-corrected chi connectivity index (χ3v) is 2.82. The van der Waals surface area contributed by atoms with Crippen LogP contribution in [0.25, 0.3) is 0 Å². The van der Waals surface area contributed by atoms with Crippen LogP contribution in [0, 0.1) is 0 Å². The normalized spacial score (nSPS) is 26.2. The Kier molecular flexibility index (Phi) is 2.54. The molecule has 0 saturated heterocycles. The first-order valence-electron chi connectivity index (χ1n) is 5.43. The van der Waals surface area contributed by atoms with E-state index in [4.69, 9.17) is 5.73 Å². The van der Waals surface area contributed by atoms with Gasteiger partial charge in [-0.15, -0.1) is 0 Å². The van der Waals surface area contributed by atoms with Gasteiger partial charge in [0.15, 0.2) is 5.82 Å². The van der Waals surface area contributed by atoms with Crippen LogP contribution in [0.5, 0.6) is 0 Å². The highest BCUT2D eigenvalue weighted by molar-refractivity contribution is 5.03. The second-order valence-electron chi connectivity index (χ2n) is 4.11. The Morgan fingerprint density at radius 2 is 2.29 bits per heavy atom. The number of nitrogens with zero attached hydrogens (tertiary/aromatic N) is 3. The molecule has 0 radical (unpaired) electrons. The van der Waals surface area contributed by atoms with Crippen LogP contribution in [0.1, 0.15) is 56.8 Å². The van der Waals surface area contributed by atoms with Crippen LogP contribution in [0.4, 0.5) is 0 Å². The molecule has 4 nitrogen and oxygen atoms in total. The Morgan fingerprint density at radius 3 is 2.93 bits per heavy atom. The number of nitrogens with two attached hydrogens (primary N) is 1. The van der Waals surface area contributed by atoms with Crippen molar-refractivity contribution in [1.29, 1.82) is 0 Å². The van der Waals surface area contributed by atoms with E-state index >= 15 is 0 Å². The lowest BCUT2D eigenvalue weighted by Gasteiger charge is -2.23. The van der Waals surface area contributed by atoms with Crippen molar-refractivity contribution >= 4 is 0 Å². The summed E-state index contributed by atoms with van der Waals surface area (Å²) in [4.78, 5) is 4.50. The van der Waals surface area contributed by atoms with Crippen molar-refractivity contribution in [2.24, 2.45) is 5.73 Å². The second-order valence-corrected chi connectivity index (χ2v) is 4.11. The molecule has 1 aliphatic heterocycles. The van der Waals surface area contributed by atoms with Gasteiger partial charge in [-0.05, 0) is 26.2 Å². The van der Waals surface area contributed by atoms with Crippen LogP contribution >= 0.6 is 0 Å². The molecule has 2 N–H and O–H groups in total. The first-order chi connectivity index (χ1) is 6.72. The highest BCUT2D eigenvalue weighted by atomic mass is 15.4. The first-order valence-corrected chi connectivity index (χ1v) is 5.43. The first kappa shape index (κ1) is 9.65. The smallest absolute Gasteiger partial charge is 0.151 e. The number of aromatic nitrogens is 3. The van der Waals surface area contributed by atoms with Crippen molar-refractivity contribution in [1.82, 2.24) is 14.8 Å². The van der Waals surface area contributed by atoms with E-state index < -0.39 is 0 Å². The molecule has 0 aliphatic carbocycles. The van der Waals surface area contributed by atoms with Gasteiger partial charge in [-0.1, -0.05) is 6.92 Å². The van der Waals surface area contributed by atoms with Crippen LogP contribution in [0.3, 0.4) is 0 Å². The molecule has 0 aromatic carbocycles. The van der Waals surface area contributed by atoms with E-state index in [1.54, 1.807) is 0 Å².